The van der Waals surface area contributed by atoms with E-state index in [2.05, 4.69) is 5.32 Å². The normalized spacial score (nSPS) is 11.8. The molecule has 0 fully saturated rings. The molecule has 0 saturated carbocycles. The van der Waals surface area contributed by atoms with Crippen molar-refractivity contribution in [1.82, 2.24) is 5.32 Å². The fourth-order valence-electron chi connectivity index (χ4n) is 1.20. The van der Waals surface area contributed by atoms with Crippen LogP contribution in [0.4, 0.5) is 8.78 Å². The van der Waals surface area contributed by atoms with Crippen molar-refractivity contribution in [3.63, 3.8) is 0 Å². The van der Waals surface area contributed by atoms with Gasteiger partial charge in [-0.2, -0.15) is 0 Å². The van der Waals surface area contributed by atoms with Gasteiger partial charge < -0.3 is 20.6 Å². The van der Waals surface area contributed by atoms with Gasteiger partial charge in [0.1, 0.15) is 0 Å². The third-order valence-electron chi connectivity index (χ3n) is 2.49. The van der Waals surface area contributed by atoms with Gasteiger partial charge in [0.15, 0.2) is 17.4 Å². The second kappa shape index (κ2) is 5.39. The summed E-state index contributed by atoms with van der Waals surface area (Å²) < 4.78 is 26.0. The van der Waals surface area contributed by atoms with Crippen molar-refractivity contribution >= 4 is 0 Å². The summed E-state index contributed by atoms with van der Waals surface area (Å²) in [5.41, 5.74) is -0.656. The van der Waals surface area contributed by atoms with Gasteiger partial charge in [0.05, 0.1) is 18.8 Å². The molecule has 4 N–H and O–H groups in total. The number of aliphatic hydroxyl groups excluding tert-OH is 2. The Morgan fingerprint density at radius 3 is 2.06 bits per heavy atom. The second-order valence-corrected chi connectivity index (χ2v) is 4.14. The minimum absolute atomic E-state index is 0.0612. The molecule has 0 heterocycles. The Morgan fingerprint density at radius 1 is 1.18 bits per heavy atom. The third-order valence-corrected chi connectivity index (χ3v) is 2.49. The molecule has 1 rings (SSSR count). The van der Waals surface area contributed by atoms with Crippen molar-refractivity contribution in [2.45, 2.75) is 19.0 Å². The average Bonchev–Trinajstić information content (AvgIpc) is 2.32. The van der Waals surface area contributed by atoms with Crippen LogP contribution in [-0.2, 0) is 6.54 Å². The predicted octanol–water partition coefficient (Wildman–Crippen LogP) is 0.503. The first-order chi connectivity index (χ1) is 7.91. The molecule has 0 unspecified atom stereocenters. The largest absolute Gasteiger partial charge is 0.503 e. The summed E-state index contributed by atoms with van der Waals surface area (Å²) in [5, 5.41) is 29.7. The summed E-state index contributed by atoms with van der Waals surface area (Å²) in [4.78, 5) is 0. The molecule has 0 radical (unpaired) electrons. The van der Waals surface area contributed by atoms with E-state index in [1.807, 2.05) is 0 Å². The number of benzene rings is 1. The molecule has 0 saturated heterocycles. The first kappa shape index (κ1) is 13.8. The Balaban J connectivity index is 2.76. The summed E-state index contributed by atoms with van der Waals surface area (Å²) in [6, 6.07) is 1.97. The maximum absolute atomic E-state index is 13.0. The van der Waals surface area contributed by atoms with Gasteiger partial charge in [-0.05, 0) is 24.6 Å². The lowest BCUT2D eigenvalue weighted by Crippen LogP contribution is -2.48. The minimum Gasteiger partial charge on any atom is -0.503 e. The zero-order valence-corrected chi connectivity index (χ0v) is 9.37. The number of aliphatic hydroxyl groups is 2. The van der Waals surface area contributed by atoms with E-state index in [4.69, 9.17) is 15.3 Å². The van der Waals surface area contributed by atoms with E-state index in [0.29, 0.717) is 0 Å². The molecule has 0 aromatic heterocycles. The van der Waals surface area contributed by atoms with Crippen LogP contribution in [0.1, 0.15) is 12.5 Å². The minimum atomic E-state index is -1.04. The van der Waals surface area contributed by atoms with Crippen LogP contribution in [0.25, 0.3) is 0 Å². The monoisotopic (exact) mass is 247 g/mol. The van der Waals surface area contributed by atoms with E-state index < -0.39 is 22.9 Å². The summed E-state index contributed by atoms with van der Waals surface area (Å²) in [7, 11) is 0. The Bertz CT molecular complexity index is 371. The van der Waals surface area contributed by atoms with E-state index in [0.717, 1.165) is 12.1 Å². The van der Waals surface area contributed by atoms with E-state index in [-0.39, 0.29) is 25.3 Å². The lowest BCUT2D eigenvalue weighted by atomic mass is 10.0. The Kier molecular flexibility index (Phi) is 4.39. The molecular formula is C11H15F2NO3. The molecule has 6 heteroatoms. The molecule has 1 aromatic carbocycles. The van der Waals surface area contributed by atoms with Crippen molar-refractivity contribution in [2.75, 3.05) is 13.2 Å². The van der Waals surface area contributed by atoms with Crippen molar-refractivity contribution in [2.24, 2.45) is 0 Å². The number of phenolic OH excluding ortho intramolecular Hbond substituents is 1. The van der Waals surface area contributed by atoms with Crippen LogP contribution < -0.4 is 5.32 Å². The van der Waals surface area contributed by atoms with E-state index in [1.54, 1.807) is 6.92 Å². The fraction of sp³-hybridized carbons (Fsp3) is 0.455. The Labute approximate surface area is 97.5 Å². The van der Waals surface area contributed by atoms with Crippen LogP contribution >= 0.6 is 0 Å². The van der Waals surface area contributed by atoms with Gasteiger partial charge in [0, 0.05) is 6.54 Å². The van der Waals surface area contributed by atoms with Crippen molar-refractivity contribution in [3.8, 4) is 5.75 Å². The maximum Gasteiger partial charge on any atom is 0.187 e. The van der Waals surface area contributed by atoms with E-state index in [9.17, 15) is 8.78 Å². The number of hydrogen-bond donors (Lipinski definition) is 4. The smallest absolute Gasteiger partial charge is 0.187 e. The zero-order valence-electron chi connectivity index (χ0n) is 9.37. The summed E-state index contributed by atoms with van der Waals surface area (Å²) >= 11 is 0. The van der Waals surface area contributed by atoms with E-state index >= 15 is 0 Å². The standard InChI is InChI=1S/C11H15F2NO3/c1-11(5-15,6-16)14-4-7-2-8(12)10(17)9(13)3-7/h2-3,14-17H,4-6H2,1H3. The number of halogens is 2. The number of nitrogens with one attached hydrogen (secondary N) is 1. The molecule has 96 valence electrons. The molecule has 0 bridgehead atoms. The van der Waals surface area contributed by atoms with Gasteiger partial charge in [0.2, 0.25) is 0 Å². The fourth-order valence-corrected chi connectivity index (χ4v) is 1.20. The summed E-state index contributed by atoms with van der Waals surface area (Å²) in [5.74, 6) is -3.10. The zero-order chi connectivity index (χ0) is 13.1. The van der Waals surface area contributed by atoms with Crippen molar-refractivity contribution in [3.05, 3.63) is 29.3 Å². The number of hydrogen-bond acceptors (Lipinski definition) is 4. The number of rotatable bonds is 5. The molecule has 4 nitrogen and oxygen atoms in total. The van der Waals surface area contributed by atoms with Crippen LogP contribution in [0.2, 0.25) is 0 Å². The Hall–Kier alpha value is -1.24. The molecule has 0 aliphatic carbocycles. The molecule has 1 aromatic rings. The predicted molar refractivity (Wildman–Crippen MR) is 57.4 cm³/mol. The van der Waals surface area contributed by atoms with Gasteiger partial charge in [0.25, 0.3) is 0 Å². The molecule has 0 aliphatic rings. The number of phenols is 1. The third kappa shape index (κ3) is 3.36. The highest BCUT2D eigenvalue weighted by Gasteiger charge is 2.21. The summed E-state index contributed by atoms with van der Waals surface area (Å²) in [6.07, 6.45) is 0. The quantitative estimate of drug-likeness (QED) is 0.611. The highest BCUT2D eigenvalue weighted by Crippen LogP contribution is 2.21. The van der Waals surface area contributed by atoms with Gasteiger partial charge in [-0.25, -0.2) is 8.78 Å². The average molecular weight is 247 g/mol. The molecule has 0 aliphatic heterocycles. The molecule has 17 heavy (non-hydrogen) atoms. The van der Waals surface area contributed by atoms with Crippen molar-refractivity contribution < 1.29 is 24.1 Å². The van der Waals surface area contributed by atoms with Crippen LogP contribution in [-0.4, -0.2) is 34.1 Å². The topological polar surface area (TPSA) is 72.7 Å². The highest BCUT2D eigenvalue weighted by molar-refractivity contribution is 5.30. The second-order valence-electron chi connectivity index (χ2n) is 4.14. The van der Waals surface area contributed by atoms with Crippen LogP contribution in [0, 0.1) is 11.6 Å². The first-order valence-corrected chi connectivity index (χ1v) is 5.05. The van der Waals surface area contributed by atoms with Gasteiger partial charge in [-0.15, -0.1) is 0 Å². The highest BCUT2D eigenvalue weighted by atomic mass is 19.1. The van der Waals surface area contributed by atoms with Crippen LogP contribution in [0.5, 0.6) is 5.75 Å². The van der Waals surface area contributed by atoms with Crippen molar-refractivity contribution in [1.29, 1.82) is 0 Å². The lowest BCUT2D eigenvalue weighted by molar-refractivity contribution is 0.103. The van der Waals surface area contributed by atoms with Crippen LogP contribution in [0.15, 0.2) is 12.1 Å². The van der Waals surface area contributed by atoms with Gasteiger partial charge in [-0.1, -0.05) is 0 Å². The molecule has 0 spiro atoms. The summed E-state index contributed by atoms with van der Waals surface area (Å²) in [6.45, 7) is 1.00. The van der Waals surface area contributed by atoms with E-state index in [1.165, 1.54) is 0 Å². The molecular weight excluding hydrogens is 232 g/mol. The maximum atomic E-state index is 13.0. The number of aromatic hydroxyl groups is 1. The molecule has 0 atom stereocenters. The first-order valence-electron chi connectivity index (χ1n) is 5.05. The SMILES string of the molecule is CC(CO)(CO)NCc1cc(F)c(O)c(F)c1. The molecule has 0 amide bonds. The van der Waals surface area contributed by atoms with Crippen LogP contribution in [0.3, 0.4) is 0 Å². The lowest BCUT2D eigenvalue weighted by Gasteiger charge is -2.26. The Morgan fingerprint density at radius 2 is 1.65 bits per heavy atom. The van der Waals surface area contributed by atoms with Gasteiger partial charge >= 0.3 is 0 Å². The van der Waals surface area contributed by atoms with Gasteiger partial charge in [-0.3, -0.25) is 0 Å².